The zero-order chi connectivity index (χ0) is 12.0. The third-order valence-corrected chi connectivity index (χ3v) is 3.32. The number of carbonyl (C=O) groups excluding carboxylic acids is 1. The summed E-state index contributed by atoms with van der Waals surface area (Å²) >= 11 is 0. The van der Waals surface area contributed by atoms with Gasteiger partial charge in [-0.25, -0.2) is 0 Å². The molecule has 0 aromatic rings. The van der Waals surface area contributed by atoms with E-state index in [9.17, 15) is 4.79 Å². The molecule has 0 aromatic heterocycles. The molecule has 0 aliphatic heterocycles. The summed E-state index contributed by atoms with van der Waals surface area (Å²) < 4.78 is 0. The lowest BCUT2D eigenvalue weighted by Crippen LogP contribution is -2.46. The van der Waals surface area contributed by atoms with Gasteiger partial charge < -0.3 is 10.6 Å². The molecule has 1 rings (SSSR count). The zero-order valence-electron chi connectivity index (χ0n) is 9.75. The average Bonchev–Trinajstić information content (AvgIpc) is 2.36. The predicted octanol–water partition coefficient (Wildman–Crippen LogP) is 0.961. The van der Waals surface area contributed by atoms with Crippen LogP contribution in [0.25, 0.3) is 0 Å². The van der Waals surface area contributed by atoms with Crippen LogP contribution < -0.4 is 10.6 Å². The SMILES string of the molecule is C=CCNC(=O)C1CCC(C#N)(NC)CC1. The van der Waals surface area contributed by atoms with Gasteiger partial charge in [0.05, 0.1) is 6.07 Å². The summed E-state index contributed by atoms with van der Waals surface area (Å²) in [6.45, 7) is 4.08. The van der Waals surface area contributed by atoms with Crippen molar-refractivity contribution in [2.75, 3.05) is 13.6 Å². The summed E-state index contributed by atoms with van der Waals surface area (Å²) in [4.78, 5) is 11.7. The molecule has 0 aromatic carbocycles. The van der Waals surface area contributed by atoms with Gasteiger partial charge in [0, 0.05) is 12.5 Å². The maximum absolute atomic E-state index is 11.7. The average molecular weight is 221 g/mol. The van der Waals surface area contributed by atoms with Crippen LogP contribution in [-0.2, 0) is 4.79 Å². The number of rotatable bonds is 4. The van der Waals surface area contributed by atoms with Crippen molar-refractivity contribution in [3.05, 3.63) is 12.7 Å². The molecule has 1 fully saturated rings. The van der Waals surface area contributed by atoms with E-state index >= 15 is 0 Å². The molecule has 0 radical (unpaired) electrons. The van der Waals surface area contributed by atoms with E-state index in [1.165, 1.54) is 0 Å². The Kier molecular flexibility index (Phi) is 4.51. The van der Waals surface area contributed by atoms with Crippen molar-refractivity contribution in [2.45, 2.75) is 31.2 Å². The molecule has 88 valence electrons. The quantitative estimate of drug-likeness (QED) is 0.695. The van der Waals surface area contributed by atoms with Crippen molar-refractivity contribution in [1.82, 2.24) is 10.6 Å². The highest BCUT2D eigenvalue weighted by molar-refractivity contribution is 5.78. The van der Waals surface area contributed by atoms with E-state index in [4.69, 9.17) is 5.26 Å². The summed E-state index contributed by atoms with van der Waals surface area (Å²) in [6, 6.07) is 2.31. The molecule has 1 aliphatic rings. The Bertz CT molecular complexity index is 298. The fourth-order valence-corrected chi connectivity index (χ4v) is 2.11. The van der Waals surface area contributed by atoms with Gasteiger partial charge in [0.1, 0.15) is 5.54 Å². The number of nitrogens with zero attached hydrogens (tertiary/aromatic N) is 1. The van der Waals surface area contributed by atoms with Crippen LogP contribution in [0, 0.1) is 17.2 Å². The van der Waals surface area contributed by atoms with Crippen molar-refractivity contribution >= 4 is 5.91 Å². The highest BCUT2D eigenvalue weighted by atomic mass is 16.1. The maximum Gasteiger partial charge on any atom is 0.223 e. The fraction of sp³-hybridized carbons (Fsp3) is 0.667. The van der Waals surface area contributed by atoms with Gasteiger partial charge in [0.15, 0.2) is 0 Å². The smallest absolute Gasteiger partial charge is 0.223 e. The molecule has 0 saturated heterocycles. The summed E-state index contributed by atoms with van der Waals surface area (Å²) in [7, 11) is 1.81. The van der Waals surface area contributed by atoms with E-state index in [0.717, 1.165) is 25.7 Å². The van der Waals surface area contributed by atoms with Gasteiger partial charge in [-0.15, -0.1) is 6.58 Å². The first-order valence-corrected chi connectivity index (χ1v) is 5.66. The first-order valence-electron chi connectivity index (χ1n) is 5.66. The second kappa shape index (κ2) is 5.66. The van der Waals surface area contributed by atoms with Crippen molar-refractivity contribution in [2.24, 2.45) is 5.92 Å². The van der Waals surface area contributed by atoms with Gasteiger partial charge in [-0.05, 0) is 32.7 Å². The van der Waals surface area contributed by atoms with Gasteiger partial charge in [-0.3, -0.25) is 4.79 Å². The van der Waals surface area contributed by atoms with Crippen molar-refractivity contribution in [3.63, 3.8) is 0 Å². The second-order valence-electron chi connectivity index (χ2n) is 4.25. The van der Waals surface area contributed by atoms with Gasteiger partial charge in [0.2, 0.25) is 5.91 Å². The number of hydrogen-bond donors (Lipinski definition) is 2. The van der Waals surface area contributed by atoms with Crippen LogP contribution in [0.5, 0.6) is 0 Å². The molecule has 0 unspecified atom stereocenters. The summed E-state index contributed by atoms with van der Waals surface area (Å²) in [5, 5.41) is 14.9. The molecule has 16 heavy (non-hydrogen) atoms. The van der Waals surface area contributed by atoms with Crippen LogP contribution in [0.3, 0.4) is 0 Å². The summed E-state index contributed by atoms with van der Waals surface area (Å²) in [5.41, 5.74) is -0.421. The number of nitriles is 1. The number of hydrogen-bond acceptors (Lipinski definition) is 3. The first kappa shape index (κ1) is 12.7. The van der Waals surface area contributed by atoms with E-state index in [1.807, 2.05) is 0 Å². The minimum atomic E-state index is -0.421. The Labute approximate surface area is 96.7 Å². The normalized spacial score (nSPS) is 29.1. The highest BCUT2D eigenvalue weighted by Crippen LogP contribution is 2.31. The van der Waals surface area contributed by atoms with E-state index in [0.29, 0.717) is 6.54 Å². The monoisotopic (exact) mass is 221 g/mol. The Hall–Kier alpha value is -1.34. The van der Waals surface area contributed by atoms with Crippen molar-refractivity contribution in [1.29, 1.82) is 5.26 Å². The van der Waals surface area contributed by atoms with E-state index in [1.54, 1.807) is 13.1 Å². The maximum atomic E-state index is 11.7. The molecular formula is C12H19N3O. The van der Waals surface area contributed by atoms with Crippen molar-refractivity contribution < 1.29 is 4.79 Å². The summed E-state index contributed by atoms with van der Waals surface area (Å²) in [6.07, 6.45) is 4.71. The largest absolute Gasteiger partial charge is 0.352 e. The minimum absolute atomic E-state index is 0.0507. The van der Waals surface area contributed by atoms with Crippen LogP contribution in [0.15, 0.2) is 12.7 Å². The van der Waals surface area contributed by atoms with Gasteiger partial charge in [-0.1, -0.05) is 6.08 Å². The predicted molar refractivity (Wildman–Crippen MR) is 62.6 cm³/mol. The molecule has 0 heterocycles. The van der Waals surface area contributed by atoms with E-state index < -0.39 is 5.54 Å². The lowest BCUT2D eigenvalue weighted by atomic mass is 9.77. The third-order valence-electron chi connectivity index (χ3n) is 3.32. The highest BCUT2D eigenvalue weighted by Gasteiger charge is 2.36. The zero-order valence-corrected chi connectivity index (χ0v) is 9.75. The minimum Gasteiger partial charge on any atom is -0.352 e. The van der Waals surface area contributed by atoms with Crippen LogP contribution in [-0.4, -0.2) is 25.0 Å². The van der Waals surface area contributed by atoms with Gasteiger partial charge in [0.25, 0.3) is 0 Å². The van der Waals surface area contributed by atoms with Gasteiger partial charge in [-0.2, -0.15) is 5.26 Å². The Morgan fingerprint density at radius 3 is 2.69 bits per heavy atom. The Balaban J connectivity index is 2.45. The second-order valence-corrected chi connectivity index (χ2v) is 4.25. The molecule has 1 amide bonds. The first-order chi connectivity index (χ1) is 7.67. The Morgan fingerprint density at radius 1 is 1.62 bits per heavy atom. The molecular weight excluding hydrogens is 202 g/mol. The molecule has 1 saturated carbocycles. The molecule has 0 bridgehead atoms. The lowest BCUT2D eigenvalue weighted by molar-refractivity contribution is -0.126. The molecule has 1 aliphatic carbocycles. The number of carbonyl (C=O) groups is 1. The Morgan fingerprint density at radius 2 is 2.25 bits per heavy atom. The van der Waals surface area contributed by atoms with Crippen LogP contribution in [0.1, 0.15) is 25.7 Å². The van der Waals surface area contributed by atoms with Crippen LogP contribution >= 0.6 is 0 Å². The van der Waals surface area contributed by atoms with E-state index in [-0.39, 0.29) is 11.8 Å². The molecule has 0 spiro atoms. The standard InChI is InChI=1S/C12H19N3O/c1-3-8-15-11(16)10-4-6-12(9-13,14-2)7-5-10/h3,10,14H,1,4-8H2,2H3,(H,15,16). The van der Waals surface area contributed by atoms with Crippen LogP contribution in [0.4, 0.5) is 0 Å². The third kappa shape index (κ3) is 2.83. The van der Waals surface area contributed by atoms with Crippen LogP contribution in [0.2, 0.25) is 0 Å². The number of nitrogens with one attached hydrogen (secondary N) is 2. The fourth-order valence-electron chi connectivity index (χ4n) is 2.11. The molecule has 4 heteroatoms. The summed E-state index contributed by atoms with van der Waals surface area (Å²) in [5.74, 6) is 0.136. The molecule has 2 N–H and O–H groups in total. The topological polar surface area (TPSA) is 64.9 Å². The molecule has 4 nitrogen and oxygen atoms in total. The lowest BCUT2D eigenvalue weighted by Gasteiger charge is -2.33. The van der Waals surface area contributed by atoms with E-state index in [2.05, 4.69) is 23.3 Å². The number of amides is 1. The van der Waals surface area contributed by atoms with Crippen molar-refractivity contribution in [3.8, 4) is 6.07 Å². The molecule has 0 atom stereocenters. The van der Waals surface area contributed by atoms with Gasteiger partial charge >= 0.3 is 0 Å².